The number of ether oxygens (including phenoxy) is 1. The van der Waals surface area contributed by atoms with Crippen LogP contribution >= 0.6 is 23.2 Å². The van der Waals surface area contributed by atoms with Crippen molar-refractivity contribution in [1.29, 1.82) is 0 Å². The van der Waals surface area contributed by atoms with E-state index >= 15 is 0 Å². The number of hydrogen-bond donors (Lipinski definition) is 3. The van der Waals surface area contributed by atoms with Crippen molar-refractivity contribution in [1.82, 2.24) is 10.6 Å². The third kappa shape index (κ3) is 7.46. The average molecular weight is 548 g/mol. The Kier molecular flexibility index (Phi) is 9.94. The second kappa shape index (κ2) is 12.9. The van der Waals surface area contributed by atoms with Crippen molar-refractivity contribution in [3.63, 3.8) is 0 Å². The second-order valence-corrected chi connectivity index (χ2v) is 10.1. The smallest absolute Gasteiger partial charge is 0.406 e. The zero-order valence-electron chi connectivity index (χ0n) is 20.9. The number of ketones is 1. The van der Waals surface area contributed by atoms with Crippen LogP contribution in [0.4, 0.5) is 10.5 Å². The number of hydrogen-bond acceptors (Lipinski definition) is 5. The van der Waals surface area contributed by atoms with Gasteiger partial charge >= 0.3 is 6.09 Å². The second-order valence-electron chi connectivity index (χ2n) is 9.24. The van der Waals surface area contributed by atoms with Crippen LogP contribution in [0, 0.1) is 5.41 Å². The molecule has 0 bridgehead atoms. The molecule has 3 rings (SSSR count). The summed E-state index contributed by atoms with van der Waals surface area (Å²) in [6.45, 7) is 1.77. The molecule has 2 aromatic carbocycles. The maximum atomic E-state index is 13.3. The van der Waals surface area contributed by atoms with Gasteiger partial charge in [-0.2, -0.15) is 0 Å². The molecular weight excluding hydrogens is 517 g/mol. The number of Topliss-reactive ketones (excluding diaryl/α,β-unsaturated/α-hetero) is 1. The Morgan fingerprint density at radius 3 is 2.19 bits per heavy atom. The molecule has 3 amide bonds. The van der Waals surface area contributed by atoms with Crippen LogP contribution in [0.25, 0.3) is 0 Å². The van der Waals surface area contributed by atoms with Crippen molar-refractivity contribution in [3.8, 4) is 0 Å². The summed E-state index contributed by atoms with van der Waals surface area (Å²) >= 11 is 12.2. The Balaban J connectivity index is 1.63. The van der Waals surface area contributed by atoms with Gasteiger partial charge in [-0.1, -0.05) is 54.2 Å². The van der Waals surface area contributed by atoms with Gasteiger partial charge in [0.05, 0.1) is 34.2 Å². The number of benzene rings is 2. The lowest BCUT2D eigenvalue weighted by atomic mass is 9.81. The number of nitrogens with one attached hydrogen (secondary N) is 3. The first-order chi connectivity index (χ1) is 17.6. The predicted octanol–water partition coefficient (Wildman–Crippen LogP) is 5.17. The summed E-state index contributed by atoms with van der Waals surface area (Å²) in [7, 11) is 1.29. The van der Waals surface area contributed by atoms with E-state index in [1.807, 2.05) is 0 Å². The standard InChI is InChI=1S/C27H31Cl2N3O5/c1-17(33)22(32-25(35)27(12-3-4-13-27)14-15-30-26(36)37-2)16-18-8-10-19(11-9-18)31-24(34)23-20(28)6-5-7-21(23)29/h5-11,22H,3-4,12-16H2,1-2H3,(H,30,36)(H,31,34)(H,32,35). The van der Waals surface area contributed by atoms with E-state index in [4.69, 9.17) is 23.2 Å². The van der Waals surface area contributed by atoms with Gasteiger partial charge in [-0.05, 0) is 62.4 Å². The zero-order valence-corrected chi connectivity index (χ0v) is 22.4. The topological polar surface area (TPSA) is 114 Å². The number of halogens is 2. The molecule has 0 aromatic heterocycles. The SMILES string of the molecule is COC(=O)NCCC1(C(=O)NC(Cc2ccc(NC(=O)c3c(Cl)cccc3Cl)cc2)C(C)=O)CCCC1. The van der Waals surface area contributed by atoms with Crippen molar-refractivity contribution in [2.45, 2.75) is 51.5 Å². The summed E-state index contributed by atoms with van der Waals surface area (Å²) in [5.74, 6) is -0.752. The highest BCUT2D eigenvalue weighted by atomic mass is 35.5. The molecule has 1 saturated carbocycles. The highest BCUT2D eigenvalue weighted by Gasteiger charge is 2.41. The van der Waals surface area contributed by atoms with E-state index in [1.54, 1.807) is 42.5 Å². The van der Waals surface area contributed by atoms with Gasteiger partial charge in [0.2, 0.25) is 5.91 Å². The minimum Gasteiger partial charge on any atom is -0.453 e. The molecule has 0 saturated heterocycles. The van der Waals surface area contributed by atoms with Crippen LogP contribution in [0.3, 0.4) is 0 Å². The number of methoxy groups -OCH3 is 1. The lowest BCUT2D eigenvalue weighted by Gasteiger charge is -2.30. The van der Waals surface area contributed by atoms with Crippen molar-refractivity contribution < 1.29 is 23.9 Å². The molecule has 0 heterocycles. The Hall–Kier alpha value is -3.10. The van der Waals surface area contributed by atoms with Crippen LogP contribution < -0.4 is 16.0 Å². The highest BCUT2D eigenvalue weighted by molar-refractivity contribution is 6.40. The first kappa shape index (κ1) is 28.5. The molecule has 0 radical (unpaired) electrons. The maximum absolute atomic E-state index is 13.3. The van der Waals surface area contributed by atoms with E-state index in [1.165, 1.54) is 14.0 Å². The summed E-state index contributed by atoms with van der Waals surface area (Å²) in [6, 6.07) is 11.2. The zero-order chi connectivity index (χ0) is 27.0. The number of rotatable bonds is 10. The van der Waals surface area contributed by atoms with Crippen LogP contribution in [0.15, 0.2) is 42.5 Å². The fraction of sp³-hybridized carbons (Fsp3) is 0.407. The van der Waals surface area contributed by atoms with Gasteiger partial charge in [0.25, 0.3) is 5.91 Å². The Morgan fingerprint density at radius 2 is 1.62 bits per heavy atom. The van der Waals surface area contributed by atoms with Crippen molar-refractivity contribution >= 4 is 52.6 Å². The first-order valence-corrected chi connectivity index (χ1v) is 12.9. The molecule has 1 atom stereocenters. The molecule has 1 unspecified atom stereocenters. The van der Waals surface area contributed by atoms with E-state index in [-0.39, 0.29) is 27.3 Å². The Labute approximate surface area is 226 Å². The van der Waals surface area contributed by atoms with Gasteiger partial charge < -0.3 is 20.7 Å². The van der Waals surface area contributed by atoms with Crippen molar-refractivity contribution in [2.24, 2.45) is 5.41 Å². The van der Waals surface area contributed by atoms with E-state index in [2.05, 4.69) is 20.7 Å². The van der Waals surface area contributed by atoms with Crippen LogP contribution in [-0.4, -0.2) is 43.4 Å². The fourth-order valence-electron chi connectivity index (χ4n) is 4.59. The van der Waals surface area contributed by atoms with Crippen LogP contribution in [0.5, 0.6) is 0 Å². The molecule has 10 heteroatoms. The quantitative estimate of drug-likeness (QED) is 0.379. The molecule has 2 aromatic rings. The van der Waals surface area contributed by atoms with Gasteiger partial charge in [-0.3, -0.25) is 14.4 Å². The molecule has 37 heavy (non-hydrogen) atoms. The molecule has 198 valence electrons. The minimum absolute atomic E-state index is 0.153. The number of anilines is 1. The lowest BCUT2D eigenvalue weighted by molar-refractivity contribution is -0.134. The molecule has 8 nitrogen and oxygen atoms in total. The summed E-state index contributed by atoms with van der Waals surface area (Å²) in [4.78, 5) is 49.7. The van der Waals surface area contributed by atoms with Gasteiger partial charge in [-0.15, -0.1) is 0 Å². The van der Waals surface area contributed by atoms with Gasteiger partial charge in [0.1, 0.15) is 0 Å². The first-order valence-electron chi connectivity index (χ1n) is 12.1. The van der Waals surface area contributed by atoms with E-state index < -0.39 is 23.5 Å². The number of alkyl carbamates (subject to hydrolysis) is 1. The monoisotopic (exact) mass is 547 g/mol. The fourth-order valence-corrected chi connectivity index (χ4v) is 5.16. The highest BCUT2D eigenvalue weighted by Crippen LogP contribution is 2.41. The summed E-state index contributed by atoms with van der Waals surface area (Å²) < 4.78 is 4.60. The van der Waals surface area contributed by atoms with Gasteiger partial charge in [0.15, 0.2) is 5.78 Å². The van der Waals surface area contributed by atoms with E-state index in [0.29, 0.717) is 37.9 Å². The Bertz CT molecular complexity index is 1130. The lowest BCUT2D eigenvalue weighted by Crippen LogP contribution is -2.49. The van der Waals surface area contributed by atoms with E-state index in [0.717, 1.165) is 18.4 Å². The van der Waals surface area contributed by atoms with Gasteiger partial charge in [0, 0.05) is 12.2 Å². The maximum Gasteiger partial charge on any atom is 0.406 e. The average Bonchev–Trinajstić information content (AvgIpc) is 3.34. The van der Waals surface area contributed by atoms with Crippen LogP contribution in [0.2, 0.25) is 10.0 Å². The molecule has 1 fully saturated rings. The largest absolute Gasteiger partial charge is 0.453 e. The number of amides is 3. The van der Waals surface area contributed by atoms with E-state index in [9.17, 15) is 19.2 Å². The summed E-state index contributed by atoms with van der Waals surface area (Å²) in [5.41, 5.74) is 0.929. The van der Waals surface area contributed by atoms with Gasteiger partial charge in [-0.25, -0.2) is 4.79 Å². The van der Waals surface area contributed by atoms with Crippen molar-refractivity contribution in [2.75, 3.05) is 19.0 Å². The normalized spacial score (nSPS) is 14.9. The predicted molar refractivity (Wildman–Crippen MR) is 143 cm³/mol. The minimum atomic E-state index is -0.694. The summed E-state index contributed by atoms with van der Waals surface area (Å²) in [5, 5.41) is 8.86. The van der Waals surface area contributed by atoms with Crippen LogP contribution in [0.1, 0.15) is 54.9 Å². The van der Waals surface area contributed by atoms with Crippen LogP contribution in [-0.2, 0) is 20.7 Å². The third-order valence-corrected chi connectivity index (χ3v) is 7.37. The molecule has 1 aliphatic carbocycles. The number of carbonyl (C=O) groups is 4. The summed E-state index contributed by atoms with van der Waals surface area (Å²) in [6.07, 6.45) is 3.49. The molecule has 1 aliphatic rings. The Morgan fingerprint density at radius 1 is 1.00 bits per heavy atom. The number of carbonyl (C=O) groups excluding carboxylic acids is 4. The molecule has 0 spiro atoms. The molecular formula is C27H31Cl2N3O5. The van der Waals surface area contributed by atoms with Crippen molar-refractivity contribution in [3.05, 3.63) is 63.6 Å². The molecule has 3 N–H and O–H groups in total. The molecule has 0 aliphatic heterocycles. The third-order valence-electron chi connectivity index (χ3n) is 6.74.